The zero-order valence-corrected chi connectivity index (χ0v) is 16.8. The van der Waals surface area contributed by atoms with Gasteiger partial charge in [0.05, 0.1) is 25.8 Å². The van der Waals surface area contributed by atoms with Crippen molar-refractivity contribution < 1.29 is 19.1 Å². The van der Waals surface area contributed by atoms with Crippen molar-refractivity contribution in [3.63, 3.8) is 0 Å². The van der Waals surface area contributed by atoms with Gasteiger partial charge < -0.3 is 15.0 Å². The molecule has 3 rings (SSSR count). The van der Waals surface area contributed by atoms with Gasteiger partial charge >= 0.3 is 5.97 Å². The zero-order valence-electron chi connectivity index (χ0n) is 16.8. The number of amides is 2. The lowest BCUT2D eigenvalue weighted by Gasteiger charge is -2.32. The molecule has 2 aromatic rings. The number of aromatic nitrogens is 2. The molecule has 2 heterocycles. The summed E-state index contributed by atoms with van der Waals surface area (Å²) in [4.78, 5) is 37.9. The lowest BCUT2D eigenvalue weighted by Crippen LogP contribution is -2.39. The van der Waals surface area contributed by atoms with Gasteiger partial charge in [-0.1, -0.05) is 18.2 Å². The van der Waals surface area contributed by atoms with Crippen molar-refractivity contribution in [2.45, 2.75) is 38.6 Å². The van der Waals surface area contributed by atoms with E-state index in [2.05, 4.69) is 15.2 Å². The molecule has 0 atom stereocenters. The minimum Gasteiger partial charge on any atom is -0.469 e. The molecule has 2 amide bonds. The van der Waals surface area contributed by atoms with E-state index in [9.17, 15) is 14.4 Å². The number of anilines is 1. The van der Waals surface area contributed by atoms with Crippen molar-refractivity contribution in [1.29, 1.82) is 0 Å². The van der Waals surface area contributed by atoms with Gasteiger partial charge in [0, 0.05) is 31.1 Å². The number of nitrogens with zero attached hydrogens (tertiary/aromatic N) is 3. The number of carbonyl (C=O) groups is 3. The molecule has 1 aromatic carbocycles. The highest BCUT2D eigenvalue weighted by Gasteiger charge is 2.26. The minimum atomic E-state index is -0.376. The van der Waals surface area contributed by atoms with E-state index in [1.807, 2.05) is 29.8 Å². The Morgan fingerprint density at radius 3 is 2.55 bits per heavy atom. The quantitative estimate of drug-likeness (QED) is 0.755. The molecule has 1 fully saturated rings. The van der Waals surface area contributed by atoms with Gasteiger partial charge in [0.2, 0.25) is 5.91 Å². The number of rotatable bonds is 6. The molecule has 8 heteroatoms. The molecular formula is C21H26N4O4. The van der Waals surface area contributed by atoms with E-state index in [0.717, 1.165) is 18.4 Å². The van der Waals surface area contributed by atoms with Gasteiger partial charge in [0.1, 0.15) is 5.82 Å². The first kappa shape index (κ1) is 20.6. The van der Waals surface area contributed by atoms with Gasteiger partial charge in [-0.25, -0.2) is 4.68 Å². The fourth-order valence-corrected chi connectivity index (χ4v) is 3.54. The van der Waals surface area contributed by atoms with Crippen LogP contribution in [0.4, 0.5) is 5.82 Å². The van der Waals surface area contributed by atoms with Crippen molar-refractivity contribution in [2.75, 3.05) is 25.5 Å². The number of ether oxygens (including phenoxy) is 1. The summed E-state index contributed by atoms with van der Waals surface area (Å²) in [6.45, 7) is 3.09. The molecule has 0 radical (unpaired) electrons. The third kappa shape index (κ3) is 5.01. The Morgan fingerprint density at radius 2 is 1.86 bits per heavy atom. The van der Waals surface area contributed by atoms with Crippen LogP contribution in [0.1, 0.15) is 47.6 Å². The van der Waals surface area contributed by atoms with Crippen molar-refractivity contribution >= 4 is 23.6 Å². The van der Waals surface area contributed by atoms with Crippen LogP contribution in [0.2, 0.25) is 0 Å². The number of hydrogen-bond acceptors (Lipinski definition) is 5. The summed E-state index contributed by atoms with van der Waals surface area (Å²) in [6, 6.07) is 9.32. The van der Waals surface area contributed by atoms with E-state index in [4.69, 9.17) is 0 Å². The van der Waals surface area contributed by atoms with Gasteiger partial charge in [-0.2, -0.15) is 5.10 Å². The Kier molecular flexibility index (Phi) is 6.64. The number of esters is 1. The lowest BCUT2D eigenvalue weighted by atomic mass is 10.0. The largest absolute Gasteiger partial charge is 0.469 e. The van der Waals surface area contributed by atoms with Crippen LogP contribution in [0.5, 0.6) is 0 Å². The number of benzene rings is 1. The average molecular weight is 398 g/mol. The number of piperidine rings is 1. The number of hydrogen-bond donors (Lipinski definition) is 1. The fourth-order valence-electron chi connectivity index (χ4n) is 3.54. The molecule has 154 valence electrons. The van der Waals surface area contributed by atoms with Crippen LogP contribution in [0.15, 0.2) is 36.5 Å². The molecule has 29 heavy (non-hydrogen) atoms. The zero-order chi connectivity index (χ0) is 20.8. The highest BCUT2D eigenvalue weighted by molar-refractivity contribution is 6.04. The van der Waals surface area contributed by atoms with Crippen molar-refractivity contribution in [1.82, 2.24) is 14.7 Å². The number of likely N-dealkylation sites (tertiary alicyclic amines) is 1. The van der Waals surface area contributed by atoms with Crippen LogP contribution in [0.3, 0.4) is 0 Å². The monoisotopic (exact) mass is 398 g/mol. The molecule has 0 saturated carbocycles. The third-order valence-electron chi connectivity index (χ3n) is 5.24. The average Bonchev–Trinajstić information content (AvgIpc) is 3.20. The van der Waals surface area contributed by atoms with Crippen LogP contribution in [0, 0.1) is 6.92 Å². The van der Waals surface area contributed by atoms with Crippen LogP contribution >= 0.6 is 0 Å². The summed E-state index contributed by atoms with van der Waals surface area (Å²) in [5.41, 5.74) is 1.54. The first-order chi connectivity index (χ1) is 14.0. The maximum Gasteiger partial charge on any atom is 0.306 e. The SMILES string of the molecule is COC(=O)CCC(=O)N1CCC(n2nccc2NC(=O)c2ccccc2C)CC1. The Bertz CT molecular complexity index is 884. The highest BCUT2D eigenvalue weighted by Crippen LogP contribution is 2.26. The van der Waals surface area contributed by atoms with Crippen molar-refractivity contribution in [2.24, 2.45) is 0 Å². The van der Waals surface area contributed by atoms with Gasteiger partial charge in [-0.05, 0) is 31.4 Å². The molecule has 0 unspecified atom stereocenters. The second-order valence-electron chi connectivity index (χ2n) is 7.12. The topological polar surface area (TPSA) is 93.5 Å². The minimum absolute atomic E-state index is 0.0394. The Hall–Kier alpha value is -3.16. The second-order valence-corrected chi connectivity index (χ2v) is 7.12. The van der Waals surface area contributed by atoms with Crippen molar-refractivity contribution in [3.05, 3.63) is 47.7 Å². The summed E-state index contributed by atoms with van der Waals surface area (Å²) < 4.78 is 6.41. The molecule has 0 aliphatic carbocycles. The van der Waals surface area contributed by atoms with Crippen LogP contribution < -0.4 is 5.32 Å². The van der Waals surface area contributed by atoms with Crippen molar-refractivity contribution in [3.8, 4) is 0 Å². The van der Waals surface area contributed by atoms with Gasteiger partial charge in [-0.15, -0.1) is 0 Å². The molecule has 1 aliphatic rings. The maximum absolute atomic E-state index is 12.6. The summed E-state index contributed by atoms with van der Waals surface area (Å²) >= 11 is 0. The first-order valence-corrected chi connectivity index (χ1v) is 9.74. The van der Waals surface area contributed by atoms with Crippen LogP contribution in [-0.2, 0) is 14.3 Å². The Morgan fingerprint density at radius 1 is 1.14 bits per heavy atom. The van der Waals surface area contributed by atoms with E-state index >= 15 is 0 Å². The van der Waals surface area contributed by atoms with Crippen LogP contribution in [-0.4, -0.2) is 52.7 Å². The van der Waals surface area contributed by atoms with Gasteiger partial charge in [0.15, 0.2) is 0 Å². The second kappa shape index (κ2) is 9.36. The van der Waals surface area contributed by atoms with Crippen LogP contribution in [0.25, 0.3) is 0 Å². The van der Waals surface area contributed by atoms with E-state index in [-0.39, 0.29) is 36.7 Å². The molecule has 8 nitrogen and oxygen atoms in total. The molecule has 1 saturated heterocycles. The number of aryl methyl sites for hydroxylation is 1. The molecule has 0 bridgehead atoms. The van der Waals surface area contributed by atoms with Gasteiger partial charge in [-0.3, -0.25) is 14.4 Å². The summed E-state index contributed by atoms with van der Waals surface area (Å²) in [6.07, 6.45) is 3.40. The highest BCUT2D eigenvalue weighted by atomic mass is 16.5. The number of nitrogens with one attached hydrogen (secondary N) is 1. The third-order valence-corrected chi connectivity index (χ3v) is 5.24. The normalized spacial score (nSPS) is 14.5. The van der Waals surface area contributed by atoms with Gasteiger partial charge in [0.25, 0.3) is 5.91 Å². The summed E-state index contributed by atoms with van der Waals surface area (Å²) in [5, 5.41) is 7.33. The molecule has 1 aromatic heterocycles. The lowest BCUT2D eigenvalue weighted by molar-refractivity contribution is -0.143. The number of carbonyl (C=O) groups excluding carboxylic acids is 3. The summed E-state index contributed by atoms with van der Waals surface area (Å²) in [5.74, 6) is 0.0650. The predicted molar refractivity (Wildman–Crippen MR) is 107 cm³/mol. The maximum atomic E-state index is 12.6. The fraction of sp³-hybridized carbons (Fsp3) is 0.429. The van der Waals surface area contributed by atoms with E-state index in [0.29, 0.717) is 24.5 Å². The summed E-state index contributed by atoms with van der Waals surface area (Å²) in [7, 11) is 1.32. The van der Waals surface area contributed by atoms with E-state index in [1.54, 1.807) is 23.2 Å². The predicted octanol–water partition coefficient (Wildman–Crippen LogP) is 2.56. The molecule has 1 N–H and O–H groups in total. The Balaban J connectivity index is 1.58. The first-order valence-electron chi connectivity index (χ1n) is 9.74. The molecule has 1 aliphatic heterocycles. The van der Waals surface area contributed by atoms with E-state index in [1.165, 1.54) is 7.11 Å². The number of methoxy groups -OCH3 is 1. The standard InChI is InChI=1S/C21H26N4O4/c1-15-5-3-4-6-17(15)21(28)23-18-9-12-22-25(18)16-10-13-24(14-11-16)19(26)7-8-20(27)29-2/h3-6,9,12,16H,7-8,10-11,13-14H2,1-2H3,(H,23,28). The van der Waals surface area contributed by atoms with E-state index < -0.39 is 0 Å². The smallest absolute Gasteiger partial charge is 0.306 e. The molecule has 0 spiro atoms. The molecular weight excluding hydrogens is 372 g/mol. The Labute approximate surface area is 169 Å².